The molecule has 0 aliphatic rings. The highest BCUT2D eigenvalue weighted by atomic mass is 14.5. The lowest BCUT2D eigenvalue weighted by Crippen LogP contribution is -2.27. The van der Waals surface area contributed by atoms with Gasteiger partial charge in [0.05, 0.1) is 0 Å². The highest BCUT2D eigenvalue weighted by Crippen LogP contribution is 2.34. The van der Waals surface area contributed by atoms with Crippen LogP contribution in [0, 0.1) is 11.3 Å². The second-order valence-corrected chi connectivity index (χ2v) is 5.31. The van der Waals surface area contributed by atoms with Gasteiger partial charge in [0.25, 0.3) is 0 Å². The van der Waals surface area contributed by atoms with Gasteiger partial charge in [-0.3, -0.25) is 0 Å². The predicted molar refractivity (Wildman–Crippen MR) is 71.4 cm³/mol. The van der Waals surface area contributed by atoms with Crippen molar-refractivity contribution in [3.63, 3.8) is 0 Å². The van der Waals surface area contributed by atoms with E-state index in [0.29, 0.717) is 11.3 Å². The molecule has 0 aliphatic heterocycles. The molecule has 0 unspecified atom stereocenters. The summed E-state index contributed by atoms with van der Waals surface area (Å²) in [7, 11) is 0. The van der Waals surface area contributed by atoms with Crippen molar-refractivity contribution < 1.29 is 0 Å². The van der Waals surface area contributed by atoms with Crippen molar-refractivity contribution in [2.24, 2.45) is 17.1 Å². The topological polar surface area (TPSA) is 26.0 Å². The molecule has 0 spiro atoms. The van der Waals surface area contributed by atoms with Gasteiger partial charge in [-0.1, -0.05) is 57.5 Å². The minimum Gasteiger partial charge on any atom is -0.330 e. The maximum Gasteiger partial charge on any atom is -0.00743 e. The normalized spacial score (nSPS) is 13.8. The molecule has 0 amide bonds. The molecule has 0 saturated carbocycles. The van der Waals surface area contributed by atoms with E-state index >= 15 is 0 Å². The fraction of sp³-hybridized carbons (Fsp3) is 0.600. The van der Waals surface area contributed by atoms with Crippen molar-refractivity contribution in [2.45, 2.75) is 40.0 Å². The van der Waals surface area contributed by atoms with Crippen LogP contribution in [0.4, 0.5) is 0 Å². The quantitative estimate of drug-likeness (QED) is 0.777. The monoisotopic (exact) mass is 219 g/mol. The first-order valence-electron chi connectivity index (χ1n) is 6.34. The minimum atomic E-state index is 0.384. The molecule has 0 bridgehead atoms. The number of hydrogen-bond donors (Lipinski definition) is 1. The fourth-order valence-corrected chi connectivity index (χ4v) is 2.16. The molecule has 0 aliphatic carbocycles. The lowest BCUT2D eigenvalue weighted by Gasteiger charge is -2.33. The van der Waals surface area contributed by atoms with Gasteiger partial charge < -0.3 is 5.73 Å². The van der Waals surface area contributed by atoms with Crippen LogP contribution < -0.4 is 5.73 Å². The van der Waals surface area contributed by atoms with Crippen molar-refractivity contribution in [1.29, 1.82) is 0 Å². The first-order chi connectivity index (χ1) is 7.60. The number of nitrogens with two attached hydrogens (primary N) is 1. The molecule has 0 fully saturated rings. The smallest absolute Gasteiger partial charge is 0.00743 e. The van der Waals surface area contributed by atoms with Gasteiger partial charge in [0.15, 0.2) is 0 Å². The van der Waals surface area contributed by atoms with E-state index in [1.165, 1.54) is 12.0 Å². The van der Waals surface area contributed by atoms with Crippen LogP contribution in [-0.2, 0) is 6.42 Å². The van der Waals surface area contributed by atoms with E-state index in [9.17, 15) is 0 Å². The fourth-order valence-electron chi connectivity index (χ4n) is 2.16. The van der Waals surface area contributed by atoms with E-state index in [4.69, 9.17) is 5.73 Å². The van der Waals surface area contributed by atoms with Crippen molar-refractivity contribution in [1.82, 2.24) is 0 Å². The summed E-state index contributed by atoms with van der Waals surface area (Å²) in [5, 5.41) is 0. The molecular formula is C15H25N. The summed E-state index contributed by atoms with van der Waals surface area (Å²) in [6, 6.07) is 10.7. The molecular weight excluding hydrogens is 194 g/mol. The molecule has 1 nitrogen and oxygen atoms in total. The Morgan fingerprint density at radius 1 is 1.19 bits per heavy atom. The van der Waals surface area contributed by atoms with E-state index in [0.717, 1.165) is 19.4 Å². The first-order valence-corrected chi connectivity index (χ1v) is 6.34. The van der Waals surface area contributed by atoms with E-state index < -0.39 is 0 Å². The minimum absolute atomic E-state index is 0.384. The number of benzene rings is 1. The Balaban J connectivity index is 2.72. The maximum absolute atomic E-state index is 5.73. The van der Waals surface area contributed by atoms with E-state index in [-0.39, 0.29) is 0 Å². The summed E-state index contributed by atoms with van der Waals surface area (Å²) in [5.41, 5.74) is 7.55. The van der Waals surface area contributed by atoms with Crippen LogP contribution in [0.15, 0.2) is 30.3 Å². The molecule has 0 aromatic heterocycles. The highest BCUT2D eigenvalue weighted by molar-refractivity contribution is 5.15. The lowest BCUT2D eigenvalue weighted by atomic mass is 9.72. The van der Waals surface area contributed by atoms with Crippen molar-refractivity contribution in [2.75, 3.05) is 6.54 Å². The van der Waals surface area contributed by atoms with Gasteiger partial charge in [-0.25, -0.2) is 0 Å². The lowest BCUT2D eigenvalue weighted by molar-refractivity contribution is 0.192. The van der Waals surface area contributed by atoms with Crippen molar-refractivity contribution in [3.8, 4) is 0 Å². The maximum atomic E-state index is 5.73. The molecule has 0 heterocycles. The van der Waals surface area contributed by atoms with Crippen LogP contribution in [-0.4, -0.2) is 6.54 Å². The van der Waals surface area contributed by atoms with Crippen LogP contribution >= 0.6 is 0 Å². The zero-order valence-electron chi connectivity index (χ0n) is 10.9. The number of rotatable bonds is 6. The van der Waals surface area contributed by atoms with Crippen LogP contribution in [0.25, 0.3) is 0 Å². The molecule has 1 atom stereocenters. The average Bonchev–Trinajstić information content (AvgIpc) is 2.30. The molecule has 1 aromatic rings. The zero-order valence-corrected chi connectivity index (χ0v) is 10.9. The SMILES string of the molecule is CCC(C)(C)[C@H](CCN)Cc1ccccc1. The van der Waals surface area contributed by atoms with Crippen LogP contribution in [0.5, 0.6) is 0 Å². The summed E-state index contributed by atoms with van der Waals surface area (Å²) in [6.07, 6.45) is 3.49. The Morgan fingerprint density at radius 3 is 2.31 bits per heavy atom. The third-order valence-electron chi connectivity index (χ3n) is 3.86. The van der Waals surface area contributed by atoms with Gasteiger partial charge in [0.1, 0.15) is 0 Å². The summed E-state index contributed by atoms with van der Waals surface area (Å²) in [6.45, 7) is 7.78. The second kappa shape index (κ2) is 6.05. The van der Waals surface area contributed by atoms with Crippen molar-refractivity contribution >= 4 is 0 Å². The summed E-state index contributed by atoms with van der Waals surface area (Å²) < 4.78 is 0. The molecule has 1 aromatic carbocycles. The van der Waals surface area contributed by atoms with Crippen LogP contribution in [0.3, 0.4) is 0 Å². The summed E-state index contributed by atoms with van der Waals surface area (Å²) >= 11 is 0. The van der Waals surface area contributed by atoms with Gasteiger partial charge >= 0.3 is 0 Å². The van der Waals surface area contributed by atoms with Crippen molar-refractivity contribution in [3.05, 3.63) is 35.9 Å². The Kier molecular flexibility index (Phi) is 5.01. The van der Waals surface area contributed by atoms with E-state index in [1.54, 1.807) is 0 Å². The van der Waals surface area contributed by atoms with E-state index in [2.05, 4.69) is 51.1 Å². The first kappa shape index (κ1) is 13.2. The van der Waals surface area contributed by atoms with Gasteiger partial charge in [-0.15, -0.1) is 0 Å². The second-order valence-electron chi connectivity index (χ2n) is 5.31. The van der Waals surface area contributed by atoms with E-state index in [1.807, 2.05) is 0 Å². The molecule has 16 heavy (non-hydrogen) atoms. The molecule has 0 radical (unpaired) electrons. The van der Waals surface area contributed by atoms with Gasteiger partial charge in [-0.2, -0.15) is 0 Å². The Hall–Kier alpha value is -0.820. The Labute approximate surface area is 100 Å². The number of hydrogen-bond acceptors (Lipinski definition) is 1. The molecule has 0 saturated heterocycles. The largest absolute Gasteiger partial charge is 0.330 e. The zero-order chi connectivity index (χ0) is 12.0. The van der Waals surface area contributed by atoms with Gasteiger partial charge in [-0.05, 0) is 36.3 Å². The third kappa shape index (κ3) is 3.64. The van der Waals surface area contributed by atoms with Crippen LogP contribution in [0.1, 0.15) is 39.2 Å². The molecule has 90 valence electrons. The predicted octanol–water partition coefficient (Wildman–Crippen LogP) is 3.63. The molecule has 2 N–H and O–H groups in total. The average molecular weight is 219 g/mol. The Morgan fingerprint density at radius 2 is 1.81 bits per heavy atom. The summed E-state index contributed by atoms with van der Waals surface area (Å²) in [5.74, 6) is 0.685. The Bertz CT molecular complexity index is 290. The summed E-state index contributed by atoms with van der Waals surface area (Å²) in [4.78, 5) is 0. The van der Waals surface area contributed by atoms with Gasteiger partial charge in [0.2, 0.25) is 0 Å². The molecule has 1 rings (SSSR count). The molecule has 1 heteroatoms. The van der Waals surface area contributed by atoms with Crippen LogP contribution in [0.2, 0.25) is 0 Å². The third-order valence-corrected chi connectivity index (χ3v) is 3.86. The standard InChI is InChI=1S/C15H25N/c1-4-15(2,3)14(10-11-16)12-13-8-6-5-7-9-13/h5-9,14H,4,10-12,16H2,1-3H3/t14-/m1/s1. The van der Waals surface area contributed by atoms with Gasteiger partial charge in [0, 0.05) is 0 Å². The highest BCUT2D eigenvalue weighted by Gasteiger charge is 2.26.